The Balaban J connectivity index is 1.57. The Morgan fingerprint density at radius 1 is 1.20 bits per heavy atom. The highest BCUT2D eigenvalue weighted by Gasteiger charge is 2.32. The minimum atomic E-state index is 0.262. The number of nitrogens with zero attached hydrogens (tertiary/aromatic N) is 3. The maximum atomic E-state index is 11.8. The molecule has 5 nitrogen and oxygen atoms in total. The van der Waals surface area contributed by atoms with E-state index in [0.717, 1.165) is 55.8 Å². The minimum absolute atomic E-state index is 0.262. The summed E-state index contributed by atoms with van der Waals surface area (Å²) in [6.45, 7) is 5.99. The Labute approximate surface area is 119 Å². The highest BCUT2D eigenvalue weighted by molar-refractivity contribution is 5.81. The van der Waals surface area contributed by atoms with Gasteiger partial charge in [0.1, 0.15) is 12.1 Å². The second-order valence-corrected chi connectivity index (χ2v) is 5.95. The Bertz CT molecular complexity index is 505. The van der Waals surface area contributed by atoms with Crippen molar-refractivity contribution in [3.05, 3.63) is 17.6 Å². The van der Waals surface area contributed by atoms with Gasteiger partial charge in [0.2, 0.25) is 5.91 Å². The first-order chi connectivity index (χ1) is 9.65. The van der Waals surface area contributed by atoms with Gasteiger partial charge in [0.25, 0.3) is 0 Å². The summed E-state index contributed by atoms with van der Waals surface area (Å²) in [6.07, 6.45) is 5.79. The van der Waals surface area contributed by atoms with E-state index in [4.69, 9.17) is 0 Å². The lowest BCUT2D eigenvalue weighted by Gasteiger charge is -2.34. The summed E-state index contributed by atoms with van der Waals surface area (Å²) in [5.41, 5.74) is 2.20. The average molecular weight is 274 g/mol. The summed E-state index contributed by atoms with van der Waals surface area (Å²) in [6, 6.07) is 0.336. The number of aryl methyl sites for hydroxylation is 1. The average Bonchev–Trinajstić information content (AvgIpc) is 3.27. The summed E-state index contributed by atoms with van der Waals surface area (Å²) in [7, 11) is 0. The zero-order chi connectivity index (χ0) is 14.1. The van der Waals surface area contributed by atoms with Crippen molar-refractivity contribution in [2.75, 3.05) is 18.0 Å². The molecule has 0 atom stereocenters. The molecule has 1 aliphatic heterocycles. The van der Waals surface area contributed by atoms with Gasteiger partial charge < -0.3 is 10.2 Å². The SMILES string of the molecule is Cc1ncnc(N2CCC(NC(=O)C3CC3)CC2)c1C. The lowest BCUT2D eigenvalue weighted by molar-refractivity contribution is -0.123. The van der Waals surface area contributed by atoms with Gasteiger partial charge in [0.05, 0.1) is 0 Å². The van der Waals surface area contributed by atoms with E-state index in [1.54, 1.807) is 6.33 Å². The predicted molar refractivity (Wildman–Crippen MR) is 77.6 cm³/mol. The summed E-state index contributed by atoms with van der Waals surface area (Å²) < 4.78 is 0. The number of hydrogen-bond donors (Lipinski definition) is 1. The van der Waals surface area contributed by atoms with Crippen molar-refractivity contribution in [1.29, 1.82) is 0 Å². The van der Waals surface area contributed by atoms with E-state index in [2.05, 4.69) is 27.1 Å². The first-order valence-corrected chi connectivity index (χ1v) is 7.48. The lowest BCUT2D eigenvalue weighted by atomic mass is 10.0. The molecule has 108 valence electrons. The van der Waals surface area contributed by atoms with Crippen LogP contribution in [-0.4, -0.2) is 35.0 Å². The molecule has 1 aliphatic carbocycles. The zero-order valence-electron chi connectivity index (χ0n) is 12.2. The number of carbonyl (C=O) groups excluding carboxylic acids is 1. The number of hydrogen-bond acceptors (Lipinski definition) is 4. The molecule has 0 spiro atoms. The van der Waals surface area contributed by atoms with Crippen LogP contribution in [0.3, 0.4) is 0 Å². The molecule has 2 heterocycles. The van der Waals surface area contributed by atoms with Gasteiger partial charge in [0.15, 0.2) is 0 Å². The Morgan fingerprint density at radius 2 is 1.90 bits per heavy atom. The van der Waals surface area contributed by atoms with Gasteiger partial charge in [-0.3, -0.25) is 4.79 Å². The van der Waals surface area contributed by atoms with Gasteiger partial charge in [-0.25, -0.2) is 9.97 Å². The van der Waals surface area contributed by atoms with Crippen LogP contribution < -0.4 is 10.2 Å². The molecule has 1 N–H and O–H groups in total. The van der Waals surface area contributed by atoms with Crippen molar-refractivity contribution in [3.8, 4) is 0 Å². The maximum absolute atomic E-state index is 11.8. The fourth-order valence-electron chi connectivity index (χ4n) is 2.74. The number of aromatic nitrogens is 2. The largest absolute Gasteiger partial charge is 0.356 e. The highest BCUT2D eigenvalue weighted by atomic mass is 16.2. The van der Waals surface area contributed by atoms with Crippen LogP contribution >= 0.6 is 0 Å². The highest BCUT2D eigenvalue weighted by Crippen LogP contribution is 2.29. The van der Waals surface area contributed by atoms with Crippen LogP contribution in [0.15, 0.2) is 6.33 Å². The number of anilines is 1. The van der Waals surface area contributed by atoms with Gasteiger partial charge in [-0.15, -0.1) is 0 Å². The Hall–Kier alpha value is -1.65. The summed E-state index contributed by atoms with van der Waals surface area (Å²) in [5.74, 6) is 1.61. The van der Waals surface area contributed by atoms with E-state index in [1.807, 2.05) is 6.92 Å². The number of nitrogens with one attached hydrogen (secondary N) is 1. The Morgan fingerprint density at radius 3 is 2.55 bits per heavy atom. The Kier molecular flexibility index (Phi) is 3.59. The van der Waals surface area contributed by atoms with Crippen LogP contribution in [0.1, 0.15) is 36.9 Å². The van der Waals surface area contributed by atoms with Crippen molar-refractivity contribution in [2.45, 2.75) is 45.6 Å². The number of piperidine rings is 1. The number of amides is 1. The van der Waals surface area contributed by atoms with Crippen LogP contribution in [0.4, 0.5) is 5.82 Å². The number of carbonyl (C=O) groups is 1. The first kappa shape index (κ1) is 13.3. The molecule has 0 unspecified atom stereocenters. The van der Waals surface area contributed by atoms with E-state index in [0.29, 0.717) is 12.0 Å². The van der Waals surface area contributed by atoms with Crippen LogP contribution in [0.2, 0.25) is 0 Å². The molecule has 1 aromatic heterocycles. The fraction of sp³-hybridized carbons (Fsp3) is 0.667. The lowest BCUT2D eigenvalue weighted by Crippen LogP contribution is -2.45. The van der Waals surface area contributed by atoms with E-state index in [1.165, 1.54) is 0 Å². The molecule has 3 rings (SSSR count). The second kappa shape index (κ2) is 5.38. The van der Waals surface area contributed by atoms with E-state index < -0.39 is 0 Å². The van der Waals surface area contributed by atoms with Gasteiger partial charge in [-0.1, -0.05) is 0 Å². The van der Waals surface area contributed by atoms with Gasteiger partial charge in [0, 0.05) is 36.3 Å². The van der Waals surface area contributed by atoms with Gasteiger partial charge in [-0.05, 0) is 39.5 Å². The third kappa shape index (κ3) is 2.76. The predicted octanol–water partition coefficient (Wildman–Crippen LogP) is 1.59. The molecule has 5 heteroatoms. The summed E-state index contributed by atoms with van der Waals surface area (Å²) >= 11 is 0. The number of rotatable bonds is 3. The molecule has 1 amide bonds. The molecule has 1 saturated heterocycles. The smallest absolute Gasteiger partial charge is 0.223 e. The van der Waals surface area contributed by atoms with Crippen molar-refractivity contribution < 1.29 is 4.79 Å². The van der Waals surface area contributed by atoms with Crippen LogP contribution in [0, 0.1) is 19.8 Å². The molecule has 0 aromatic carbocycles. The van der Waals surface area contributed by atoms with Crippen LogP contribution in [0.5, 0.6) is 0 Å². The van der Waals surface area contributed by atoms with E-state index in [-0.39, 0.29) is 5.91 Å². The van der Waals surface area contributed by atoms with E-state index >= 15 is 0 Å². The third-order valence-electron chi connectivity index (χ3n) is 4.40. The molecule has 1 aromatic rings. The van der Waals surface area contributed by atoms with E-state index in [9.17, 15) is 4.79 Å². The van der Waals surface area contributed by atoms with Gasteiger partial charge >= 0.3 is 0 Å². The topological polar surface area (TPSA) is 58.1 Å². The standard InChI is InChI=1S/C15H22N4O/c1-10-11(2)16-9-17-14(10)19-7-5-13(6-8-19)18-15(20)12-3-4-12/h9,12-13H,3-8H2,1-2H3,(H,18,20). The first-order valence-electron chi connectivity index (χ1n) is 7.48. The molecular formula is C15H22N4O. The normalized spacial score (nSPS) is 20.0. The zero-order valence-corrected chi connectivity index (χ0v) is 12.2. The molecule has 0 radical (unpaired) electrons. The van der Waals surface area contributed by atoms with Crippen molar-refractivity contribution in [2.24, 2.45) is 5.92 Å². The quantitative estimate of drug-likeness (QED) is 0.909. The molecule has 20 heavy (non-hydrogen) atoms. The summed E-state index contributed by atoms with van der Waals surface area (Å²) in [5, 5.41) is 3.18. The minimum Gasteiger partial charge on any atom is -0.356 e. The van der Waals surface area contributed by atoms with Crippen molar-refractivity contribution in [1.82, 2.24) is 15.3 Å². The monoisotopic (exact) mass is 274 g/mol. The van der Waals surface area contributed by atoms with Crippen molar-refractivity contribution >= 4 is 11.7 Å². The second-order valence-electron chi connectivity index (χ2n) is 5.95. The molecule has 1 saturated carbocycles. The fourth-order valence-corrected chi connectivity index (χ4v) is 2.74. The van der Waals surface area contributed by atoms with Crippen molar-refractivity contribution in [3.63, 3.8) is 0 Å². The summed E-state index contributed by atoms with van der Waals surface area (Å²) in [4.78, 5) is 22.7. The van der Waals surface area contributed by atoms with Gasteiger partial charge in [-0.2, -0.15) is 0 Å². The molecule has 2 fully saturated rings. The maximum Gasteiger partial charge on any atom is 0.223 e. The molecule has 2 aliphatic rings. The van der Waals surface area contributed by atoms with Crippen LogP contribution in [-0.2, 0) is 4.79 Å². The third-order valence-corrected chi connectivity index (χ3v) is 4.40. The molecule has 0 bridgehead atoms. The van der Waals surface area contributed by atoms with Crippen LogP contribution in [0.25, 0.3) is 0 Å². The molecular weight excluding hydrogens is 252 g/mol.